The Balaban J connectivity index is 3.77. The Morgan fingerprint density at radius 1 is 1.29 bits per heavy atom. The van der Waals surface area contributed by atoms with Gasteiger partial charge in [-0.15, -0.1) is 0 Å². The number of nitrogens with one attached hydrogen (secondary N) is 1. The van der Waals surface area contributed by atoms with Crippen LogP contribution in [-0.2, 0) is 19.6 Å². The van der Waals surface area contributed by atoms with Crippen LogP contribution in [0.4, 0.5) is 13.2 Å². The molecule has 0 aromatic carbocycles. The molecule has 102 valence electrons. The molecule has 0 saturated heterocycles. The topological polar surface area (TPSA) is 72.5 Å². The lowest BCUT2D eigenvalue weighted by Crippen LogP contribution is -2.36. The summed E-state index contributed by atoms with van der Waals surface area (Å²) in [6.45, 7) is 1.51. The van der Waals surface area contributed by atoms with Gasteiger partial charge in [-0.3, -0.25) is 4.79 Å². The van der Waals surface area contributed by atoms with Crippen molar-refractivity contribution >= 4 is 16.0 Å². The van der Waals surface area contributed by atoms with Gasteiger partial charge in [-0.1, -0.05) is 0 Å². The molecule has 0 saturated carbocycles. The molecule has 0 aromatic rings. The fourth-order valence-corrected chi connectivity index (χ4v) is 1.49. The average molecular weight is 277 g/mol. The van der Waals surface area contributed by atoms with Gasteiger partial charge >= 0.3 is 21.5 Å². The first-order chi connectivity index (χ1) is 7.70. The third kappa shape index (κ3) is 6.47. The molecule has 0 amide bonds. The number of halogens is 3. The van der Waals surface area contributed by atoms with E-state index in [4.69, 9.17) is 0 Å². The summed E-state index contributed by atoms with van der Waals surface area (Å²) in [6.07, 6.45) is 0.453. The standard InChI is InChI=1S/C8H14F3NO4S/c1-2-16-7(13)5-3-4-6-12-17(14,15)8(9,10)11/h12H,2-6H2,1H3. The van der Waals surface area contributed by atoms with E-state index in [2.05, 4.69) is 4.74 Å². The van der Waals surface area contributed by atoms with E-state index in [9.17, 15) is 26.4 Å². The first kappa shape index (κ1) is 16.2. The van der Waals surface area contributed by atoms with E-state index in [1.165, 1.54) is 4.72 Å². The predicted octanol–water partition coefficient (Wildman–Crippen LogP) is 1.16. The van der Waals surface area contributed by atoms with Crippen LogP contribution in [0.3, 0.4) is 0 Å². The first-order valence-corrected chi connectivity index (χ1v) is 6.40. The molecule has 5 nitrogen and oxygen atoms in total. The van der Waals surface area contributed by atoms with Crippen LogP contribution in [0.15, 0.2) is 0 Å². The molecular formula is C8H14F3NO4S. The maximum Gasteiger partial charge on any atom is 0.511 e. The number of sulfonamides is 1. The van der Waals surface area contributed by atoms with E-state index in [0.29, 0.717) is 0 Å². The van der Waals surface area contributed by atoms with Crippen molar-refractivity contribution in [1.29, 1.82) is 0 Å². The van der Waals surface area contributed by atoms with Gasteiger partial charge in [0.2, 0.25) is 0 Å². The highest BCUT2D eigenvalue weighted by Crippen LogP contribution is 2.21. The maximum atomic E-state index is 11.8. The zero-order chi connectivity index (χ0) is 13.5. The lowest BCUT2D eigenvalue weighted by atomic mass is 10.2. The average Bonchev–Trinajstić information content (AvgIpc) is 2.15. The van der Waals surface area contributed by atoms with Gasteiger partial charge in [0.05, 0.1) is 6.61 Å². The number of carbonyl (C=O) groups is 1. The van der Waals surface area contributed by atoms with Crippen LogP contribution >= 0.6 is 0 Å². The maximum absolute atomic E-state index is 11.8. The van der Waals surface area contributed by atoms with Crippen molar-refractivity contribution in [3.05, 3.63) is 0 Å². The minimum atomic E-state index is -5.30. The fourth-order valence-electron chi connectivity index (χ4n) is 0.916. The van der Waals surface area contributed by atoms with Gasteiger partial charge in [0.25, 0.3) is 0 Å². The lowest BCUT2D eigenvalue weighted by Gasteiger charge is -2.08. The number of alkyl halides is 3. The second-order valence-corrected chi connectivity index (χ2v) is 4.86. The van der Waals surface area contributed by atoms with Gasteiger partial charge in [0, 0.05) is 13.0 Å². The van der Waals surface area contributed by atoms with E-state index >= 15 is 0 Å². The van der Waals surface area contributed by atoms with Crippen LogP contribution in [0, 0.1) is 0 Å². The monoisotopic (exact) mass is 277 g/mol. The third-order valence-corrected chi connectivity index (χ3v) is 2.90. The van der Waals surface area contributed by atoms with Crippen molar-refractivity contribution in [2.24, 2.45) is 0 Å². The third-order valence-electron chi connectivity index (χ3n) is 1.71. The summed E-state index contributed by atoms with van der Waals surface area (Å²) in [6, 6.07) is 0. The number of hydrogen-bond donors (Lipinski definition) is 1. The normalized spacial score (nSPS) is 12.5. The molecule has 0 atom stereocenters. The van der Waals surface area contributed by atoms with Gasteiger partial charge in [-0.2, -0.15) is 13.2 Å². The molecule has 0 unspecified atom stereocenters. The molecule has 1 N–H and O–H groups in total. The van der Waals surface area contributed by atoms with Crippen molar-refractivity contribution in [2.45, 2.75) is 31.7 Å². The Morgan fingerprint density at radius 2 is 1.88 bits per heavy atom. The minimum Gasteiger partial charge on any atom is -0.466 e. The van der Waals surface area contributed by atoms with Crippen LogP contribution < -0.4 is 4.72 Å². The van der Waals surface area contributed by atoms with Crippen LogP contribution in [0.5, 0.6) is 0 Å². The highest BCUT2D eigenvalue weighted by atomic mass is 32.2. The Hall–Kier alpha value is -0.830. The minimum absolute atomic E-state index is 0.0571. The Labute approximate surface area is 97.4 Å². The predicted molar refractivity (Wildman–Crippen MR) is 53.5 cm³/mol. The second kappa shape index (κ2) is 6.80. The molecule has 0 rings (SSSR count). The largest absolute Gasteiger partial charge is 0.511 e. The van der Waals surface area contributed by atoms with E-state index in [0.717, 1.165) is 0 Å². The molecule has 0 heterocycles. The van der Waals surface area contributed by atoms with Gasteiger partial charge in [-0.25, -0.2) is 13.1 Å². The molecule has 0 radical (unpaired) electrons. The summed E-state index contributed by atoms with van der Waals surface area (Å²) in [5.41, 5.74) is -5.30. The molecule has 0 aliphatic rings. The Kier molecular flexibility index (Phi) is 6.46. The molecule has 9 heteroatoms. The van der Waals surface area contributed by atoms with Crippen molar-refractivity contribution < 1.29 is 31.1 Å². The summed E-state index contributed by atoms with van der Waals surface area (Å²) in [5.74, 6) is -0.453. The highest BCUT2D eigenvalue weighted by molar-refractivity contribution is 7.90. The zero-order valence-corrected chi connectivity index (χ0v) is 10.0. The highest BCUT2D eigenvalue weighted by Gasteiger charge is 2.45. The van der Waals surface area contributed by atoms with Crippen molar-refractivity contribution in [3.63, 3.8) is 0 Å². The Morgan fingerprint density at radius 3 is 2.35 bits per heavy atom. The van der Waals surface area contributed by atoms with Crippen LogP contribution in [0.25, 0.3) is 0 Å². The number of hydrogen-bond acceptors (Lipinski definition) is 4. The van der Waals surface area contributed by atoms with Crippen LogP contribution in [0.1, 0.15) is 26.2 Å². The van der Waals surface area contributed by atoms with Gasteiger partial charge in [-0.05, 0) is 19.8 Å². The van der Waals surface area contributed by atoms with E-state index in [-0.39, 0.29) is 32.4 Å². The zero-order valence-electron chi connectivity index (χ0n) is 9.21. The van der Waals surface area contributed by atoms with Crippen molar-refractivity contribution in [1.82, 2.24) is 4.72 Å². The Bertz CT molecular complexity index is 339. The van der Waals surface area contributed by atoms with E-state index < -0.39 is 21.5 Å². The molecule has 0 aliphatic heterocycles. The number of carbonyl (C=O) groups excluding carboxylic acids is 1. The van der Waals surface area contributed by atoms with Gasteiger partial charge in [0.1, 0.15) is 0 Å². The molecule has 0 aliphatic carbocycles. The van der Waals surface area contributed by atoms with E-state index in [1.807, 2.05) is 0 Å². The summed E-state index contributed by atoms with van der Waals surface area (Å²) >= 11 is 0. The molecule has 17 heavy (non-hydrogen) atoms. The molecule has 0 spiro atoms. The summed E-state index contributed by atoms with van der Waals surface area (Å²) in [7, 11) is -5.27. The molecule has 0 fully saturated rings. The van der Waals surface area contributed by atoms with Crippen molar-refractivity contribution in [2.75, 3.05) is 13.2 Å². The molecule has 0 aromatic heterocycles. The second-order valence-electron chi connectivity index (χ2n) is 3.11. The van der Waals surface area contributed by atoms with Gasteiger partial charge in [0.15, 0.2) is 0 Å². The number of ether oxygens (including phenoxy) is 1. The number of esters is 1. The van der Waals surface area contributed by atoms with Crippen molar-refractivity contribution in [3.8, 4) is 0 Å². The quantitative estimate of drug-likeness (QED) is 0.560. The van der Waals surface area contributed by atoms with E-state index in [1.54, 1.807) is 6.92 Å². The molecule has 0 bridgehead atoms. The summed E-state index contributed by atoms with van der Waals surface area (Å²) in [4.78, 5) is 10.8. The molecular weight excluding hydrogens is 263 g/mol. The smallest absolute Gasteiger partial charge is 0.466 e. The summed E-state index contributed by atoms with van der Waals surface area (Å²) < 4.78 is 62.6. The number of rotatable bonds is 7. The first-order valence-electron chi connectivity index (χ1n) is 4.92. The SMILES string of the molecule is CCOC(=O)CCCCNS(=O)(=O)C(F)(F)F. The van der Waals surface area contributed by atoms with Gasteiger partial charge < -0.3 is 4.74 Å². The van der Waals surface area contributed by atoms with Crippen LogP contribution in [0.2, 0.25) is 0 Å². The summed E-state index contributed by atoms with van der Waals surface area (Å²) in [5, 5.41) is 0. The lowest BCUT2D eigenvalue weighted by molar-refractivity contribution is -0.143. The number of unbranched alkanes of at least 4 members (excludes halogenated alkanes) is 1. The van der Waals surface area contributed by atoms with Crippen LogP contribution in [-0.4, -0.2) is 33.0 Å². The fraction of sp³-hybridized carbons (Fsp3) is 0.875.